The summed E-state index contributed by atoms with van der Waals surface area (Å²) < 4.78 is 5.61. The second-order valence-electron chi connectivity index (χ2n) is 8.12. The van der Waals surface area contributed by atoms with E-state index in [-0.39, 0.29) is 17.4 Å². The number of nitrogens with one attached hydrogen (secondary N) is 2. The molecule has 0 aromatic heterocycles. The highest BCUT2D eigenvalue weighted by atomic mass is 16.5. The molecule has 2 aliphatic rings. The van der Waals surface area contributed by atoms with Crippen LogP contribution >= 0.6 is 0 Å². The third-order valence-electron chi connectivity index (χ3n) is 4.89. The lowest BCUT2D eigenvalue weighted by Crippen LogP contribution is -2.55. The Bertz CT molecular complexity index is 463. The predicted octanol–water partition coefficient (Wildman–Crippen LogP) is 0.519. The van der Waals surface area contributed by atoms with Gasteiger partial charge in [0.25, 0.3) is 0 Å². The van der Waals surface area contributed by atoms with Gasteiger partial charge in [0.15, 0.2) is 5.96 Å². The van der Waals surface area contributed by atoms with Crippen molar-refractivity contribution in [2.24, 2.45) is 10.4 Å². The van der Waals surface area contributed by atoms with E-state index in [2.05, 4.69) is 46.2 Å². The monoisotopic (exact) mass is 353 g/mol. The van der Waals surface area contributed by atoms with Crippen molar-refractivity contribution >= 4 is 11.9 Å². The van der Waals surface area contributed by atoms with Crippen LogP contribution < -0.4 is 10.6 Å². The first-order valence-electron chi connectivity index (χ1n) is 9.33. The molecule has 1 aliphatic heterocycles. The highest BCUT2D eigenvalue weighted by molar-refractivity contribution is 5.80. The summed E-state index contributed by atoms with van der Waals surface area (Å²) in [5, 5.41) is 6.50. The zero-order chi connectivity index (χ0) is 18.4. The quantitative estimate of drug-likeness (QED) is 0.538. The second-order valence-corrected chi connectivity index (χ2v) is 8.12. The van der Waals surface area contributed by atoms with E-state index in [1.54, 1.807) is 7.11 Å². The first kappa shape index (κ1) is 20.0. The molecule has 2 rings (SSSR count). The Hall–Kier alpha value is -1.34. The summed E-state index contributed by atoms with van der Waals surface area (Å²) in [7, 11) is 3.57. The fourth-order valence-corrected chi connectivity index (χ4v) is 3.08. The van der Waals surface area contributed by atoms with Gasteiger partial charge in [0.2, 0.25) is 5.91 Å². The van der Waals surface area contributed by atoms with Gasteiger partial charge >= 0.3 is 0 Å². The minimum Gasteiger partial charge on any atom is -0.379 e. The molecule has 1 saturated heterocycles. The summed E-state index contributed by atoms with van der Waals surface area (Å²) >= 11 is 0. The van der Waals surface area contributed by atoms with Gasteiger partial charge in [-0.3, -0.25) is 14.7 Å². The number of amides is 1. The summed E-state index contributed by atoms with van der Waals surface area (Å²) in [6.45, 7) is 11.3. The number of aliphatic imine (C=N–C) groups is 1. The van der Waals surface area contributed by atoms with Crippen LogP contribution in [0.3, 0.4) is 0 Å². The van der Waals surface area contributed by atoms with Gasteiger partial charge in [-0.05, 0) is 18.3 Å². The van der Waals surface area contributed by atoms with Crippen molar-refractivity contribution in [1.29, 1.82) is 0 Å². The fraction of sp³-hybridized carbons (Fsp3) is 0.889. The number of rotatable bonds is 6. The van der Waals surface area contributed by atoms with Crippen molar-refractivity contribution in [3.63, 3.8) is 0 Å². The molecule has 25 heavy (non-hydrogen) atoms. The molecule has 1 amide bonds. The molecule has 7 nitrogen and oxygen atoms in total. The summed E-state index contributed by atoms with van der Waals surface area (Å²) in [4.78, 5) is 20.8. The van der Waals surface area contributed by atoms with Crippen LogP contribution in [-0.2, 0) is 9.53 Å². The molecule has 1 heterocycles. The zero-order valence-corrected chi connectivity index (χ0v) is 16.5. The third-order valence-corrected chi connectivity index (χ3v) is 4.89. The minimum atomic E-state index is 0.0776. The van der Waals surface area contributed by atoms with Crippen LogP contribution in [0.1, 0.15) is 33.6 Å². The SMILES string of the molecule is CN=C(NCC(OC)C(C)(C)C)N1CCN(CC(=O)NC2CC2)CC1. The van der Waals surface area contributed by atoms with Gasteiger partial charge in [-0.1, -0.05) is 20.8 Å². The lowest BCUT2D eigenvalue weighted by molar-refractivity contribution is -0.122. The van der Waals surface area contributed by atoms with E-state index in [1.165, 1.54) is 0 Å². The van der Waals surface area contributed by atoms with Gasteiger partial charge in [0.1, 0.15) is 0 Å². The van der Waals surface area contributed by atoms with Crippen LogP contribution in [0.15, 0.2) is 4.99 Å². The average Bonchev–Trinajstić information content (AvgIpc) is 3.35. The summed E-state index contributed by atoms with van der Waals surface area (Å²) in [5.41, 5.74) is 0.0776. The molecule has 0 spiro atoms. The number of hydrogen-bond donors (Lipinski definition) is 2. The molecular weight excluding hydrogens is 318 g/mol. The van der Waals surface area contributed by atoms with Crippen molar-refractivity contribution in [2.45, 2.75) is 45.8 Å². The molecule has 1 atom stereocenters. The number of carbonyl (C=O) groups is 1. The van der Waals surface area contributed by atoms with Crippen LogP contribution in [0.4, 0.5) is 0 Å². The van der Waals surface area contributed by atoms with E-state index < -0.39 is 0 Å². The van der Waals surface area contributed by atoms with Crippen LogP contribution in [0, 0.1) is 5.41 Å². The molecule has 0 aromatic carbocycles. The molecule has 0 radical (unpaired) electrons. The van der Waals surface area contributed by atoms with Crippen molar-refractivity contribution < 1.29 is 9.53 Å². The second kappa shape index (κ2) is 8.85. The number of methoxy groups -OCH3 is 1. The summed E-state index contributed by atoms with van der Waals surface area (Å²) in [5.74, 6) is 1.07. The molecule has 1 unspecified atom stereocenters. The number of guanidine groups is 1. The topological polar surface area (TPSA) is 69.2 Å². The fourth-order valence-electron chi connectivity index (χ4n) is 3.08. The van der Waals surface area contributed by atoms with Crippen LogP contribution in [0.25, 0.3) is 0 Å². The van der Waals surface area contributed by atoms with Crippen LogP contribution in [-0.4, -0.2) is 87.2 Å². The highest BCUT2D eigenvalue weighted by Gasteiger charge is 2.27. The highest BCUT2D eigenvalue weighted by Crippen LogP contribution is 2.21. The largest absolute Gasteiger partial charge is 0.379 e. The van der Waals surface area contributed by atoms with Crippen molar-refractivity contribution in [3.05, 3.63) is 0 Å². The van der Waals surface area contributed by atoms with Crippen molar-refractivity contribution in [1.82, 2.24) is 20.4 Å². The lowest BCUT2D eigenvalue weighted by atomic mass is 9.89. The van der Waals surface area contributed by atoms with Crippen molar-refractivity contribution in [2.75, 3.05) is 53.4 Å². The number of hydrogen-bond acceptors (Lipinski definition) is 4. The Morgan fingerprint density at radius 3 is 2.36 bits per heavy atom. The van der Waals surface area contributed by atoms with Crippen molar-refractivity contribution in [3.8, 4) is 0 Å². The van der Waals surface area contributed by atoms with Gasteiger partial charge < -0.3 is 20.3 Å². The molecule has 7 heteroatoms. The Morgan fingerprint density at radius 2 is 1.88 bits per heavy atom. The zero-order valence-electron chi connectivity index (χ0n) is 16.5. The number of carbonyl (C=O) groups excluding carboxylic acids is 1. The Morgan fingerprint density at radius 1 is 1.24 bits per heavy atom. The molecule has 2 N–H and O–H groups in total. The number of piperazine rings is 1. The molecule has 1 aliphatic carbocycles. The van der Waals surface area contributed by atoms with E-state index >= 15 is 0 Å². The Balaban J connectivity index is 1.74. The van der Waals surface area contributed by atoms with E-state index in [1.807, 2.05) is 7.05 Å². The molecule has 1 saturated carbocycles. The summed E-state index contributed by atoms with van der Waals surface area (Å²) in [6, 6.07) is 0.438. The normalized spacial score (nSPS) is 21.2. The smallest absolute Gasteiger partial charge is 0.234 e. The maximum atomic E-state index is 11.9. The van der Waals surface area contributed by atoms with Gasteiger partial charge in [-0.25, -0.2) is 0 Å². The Labute approximate surface area is 152 Å². The standard InChI is InChI=1S/C18H35N5O2/c1-18(2,3)15(25-5)12-20-17(19-4)23-10-8-22(9-11-23)13-16(24)21-14-6-7-14/h14-15H,6-13H2,1-5H3,(H,19,20)(H,21,24). The summed E-state index contributed by atoms with van der Waals surface area (Å²) in [6.07, 6.45) is 2.40. The van der Waals surface area contributed by atoms with Gasteiger partial charge in [0, 0.05) is 52.9 Å². The van der Waals surface area contributed by atoms with Gasteiger partial charge in [-0.15, -0.1) is 0 Å². The molecule has 144 valence electrons. The maximum Gasteiger partial charge on any atom is 0.234 e. The van der Waals surface area contributed by atoms with Gasteiger partial charge in [0.05, 0.1) is 12.6 Å². The first-order chi connectivity index (χ1) is 11.8. The van der Waals surface area contributed by atoms with E-state index in [4.69, 9.17) is 4.74 Å². The Kier molecular flexibility index (Phi) is 7.07. The predicted molar refractivity (Wildman–Crippen MR) is 101 cm³/mol. The van der Waals surface area contributed by atoms with Gasteiger partial charge in [-0.2, -0.15) is 0 Å². The third kappa shape index (κ3) is 6.47. The minimum absolute atomic E-state index is 0.0776. The molecule has 0 bridgehead atoms. The molecular formula is C18H35N5O2. The van der Waals surface area contributed by atoms with E-state index in [0.717, 1.165) is 51.5 Å². The number of nitrogens with zero attached hydrogens (tertiary/aromatic N) is 3. The van der Waals surface area contributed by atoms with E-state index in [0.29, 0.717) is 12.6 Å². The molecule has 2 fully saturated rings. The van der Waals surface area contributed by atoms with Crippen LogP contribution in [0.5, 0.6) is 0 Å². The van der Waals surface area contributed by atoms with E-state index in [9.17, 15) is 4.79 Å². The molecule has 0 aromatic rings. The number of ether oxygens (including phenoxy) is 1. The van der Waals surface area contributed by atoms with Crippen LogP contribution in [0.2, 0.25) is 0 Å². The maximum absolute atomic E-state index is 11.9. The first-order valence-corrected chi connectivity index (χ1v) is 9.33. The lowest BCUT2D eigenvalue weighted by Gasteiger charge is -2.37. The average molecular weight is 354 g/mol.